The first-order valence-electron chi connectivity index (χ1n) is 6.55. The van der Waals surface area contributed by atoms with Gasteiger partial charge in [0.25, 0.3) is 0 Å². The lowest BCUT2D eigenvalue weighted by Crippen LogP contribution is -2.58. The Bertz CT molecular complexity index is 326. The van der Waals surface area contributed by atoms with Crippen molar-refractivity contribution < 1.29 is 14.7 Å². The molecule has 4 nitrogen and oxygen atoms in total. The van der Waals surface area contributed by atoms with Crippen LogP contribution in [0.5, 0.6) is 0 Å². The third-order valence-corrected chi connectivity index (χ3v) is 4.45. The summed E-state index contributed by atoms with van der Waals surface area (Å²) in [6.07, 6.45) is 4.99. The summed E-state index contributed by atoms with van der Waals surface area (Å²) in [4.78, 5) is 25.7. The molecule has 2 aliphatic rings. The number of likely N-dealkylation sites (tertiary alicyclic amines) is 1. The first-order valence-corrected chi connectivity index (χ1v) is 6.55. The first-order chi connectivity index (χ1) is 7.99. The number of rotatable bonds is 2. The molecule has 0 bridgehead atoms. The molecule has 17 heavy (non-hydrogen) atoms. The summed E-state index contributed by atoms with van der Waals surface area (Å²) in [6, 6.07) is 0.367. The Balaban J connectivity index is 2.20. The van der Waals surface area contributed by atoms with Gasteiger partial charge in [-0.25, -0.2) is 0 Å². The van der Waals surface area contributed by atoms with E-state index in [1.54, 1.807) is 0 Å². The van der Waals surface area contributed by atoms with Gasteiger partial charge in [0.05, 0.1) is 0 Å². The van der Waals surface area contributed by atoms with Crippen LogP contribution in [0.2, 0.25) is 0 Å². The fourth-order valence-corrected chi connectivity index (χ4v) is 3.12. The molecule has 1 aliphatic heterocycles. The maximum atomic E-state index is 12.5. The number of carbonyl (C=O) groups is 2. The molecule has 2 atom stereocenters. The number of carboxylic acids is 1. The van der Waals surface area contributed by atoms with Crippen LogP contribution in [0, 0.1) is 5.41 Å². The lowest BCUT2D eigenvalue weighted by molar-refractivity contribution is -0.170. The van der Waals surface area contributed by atoms with Gasteiger partial charge in [-0.15, -0.1) is 0 Å². The van der Waals surface area contributed by atoms with Crippen LogP contribution in [0.1, 0.15) is 52.4 Å². The van der Waals surface area contributed by atoms with E-state index in [4.69, 9.17) is 0 Å². The average Bonchev–Trinajstić information content (AvgIpc) is 2.14. The Kier molecular flexibility index (Phi) is 3.15. The quantitative estimate of drug-likeness (QED) is 0.750. The zero-order chi connectivity index (χ0) is 12.6. The summed E-state index contributed by atoms with van der Waals surface area (Å²) >= 11 is 0. The zero-order valence-corrected chi connectivity index (χ0v) is 10.6. The Morgan fingerprint density at radius 3 is 2.00 bits per heavy atom. The molecule has 4 heteroatoms. The number of piperidine rings is 1. The van der Waals surface area contributed by atoms with E-state index < -0.39 is 11.4 Å². The van der Waals surface area contributed by atoms with E-state index in [0.29, 0.717) is 12.8 Å². The van der Waals surface area contributed by atoms with Gasteiger partial charge in [0.1, 0.15) is 5.41 Å². The lowest BCUT2D eigenvalue weighted by Gasteiger charge is -2.46. The molecule has 0 spiro atoms. The van der Waals surface area contributed by atoms with Crippen LogP contribution >= 0.6 is 0 Å². The van der Waals surface area contributed by atoms with Gasteiger partial charge in [-0.05, 0) is 46.0 Å². The molecule has 0 aromatic heterocycles. The number of amides is 1. The number of nitrogens with zero attached hydrogens (tertiary/aromatic N) is 1. The van der Waals surface area contributed by atoms with E-state index in [9.17, 15) is 14.7 Å². The number of hydrogen-bond acceptors (Lipinski definition) is 2. The van der Waals surface area contributed by atoms with Crippen molar-refractivity contribution in [1.29, 1.82) is 0 Å². The zero-order valence-electron chi connectivity index (χ0n) is 10.6. The molecule has 1 N–H and O–H groups in total. The predicted octanol–water partition coefficient (Wildman–Crippen LogP) is 2.03. The van der Waals surface area contributed by atoms with Gasteiger partial charge in [-0.2, -0.15) is 0 Å². The van der Waals surface area contributed by atoms with Gasteiger partial charge >= 0.3 is 5.97 Å². The summed E-state index contributed by atoms with van der Waals surface area (Å²) in [5.41, 5.74) is -1.10. The van der Waals surface area contributed by atoms with Crippen LogP contribution in [-0.2, 0) is 9.59 Å². The largest absolute Gasteiger partial charge is 0.480 e. The van der Waals surface area contributed by atoms with Gasteiger partial charge < -0.3 is 10.0 Å². The smallest absolute Gasteiger partial charge is 0.319 e. The standard InChI is InChI=1S/C13H21NO3/c1-9-5-3-6-10(2)14(9)11(15)13(12(16)17)7-4-8-13/h9-10H,3-8H2,1-2H3,(H,16,17)/t9-,10+. The summed E-state index contributed by atoms with van der Waals surface area (Å²) in [7, 11) is 0. The maximum Gasteiger partial charge on any atom is 0.319 e. The minimum absolute atomic E-state index is 0.143. The van der Waals surface area contributed by atoms with E-state index in [0.717, 1.165) is 25.7 Å². The Morgan fingerprint density at radius 2 is 1.65 bits per heavy atom. The highest BCUT2D eigenvalue weighted by atomic mass is 16.4. The number of aliphatic carboxylic acids is 1. The molecule has 1 saturated heterocycles. The summed E-state index contributed by atoms with van der Waals surface area (Å²) < 4.78 is 0. The maximum absolute atomic E-state index is 12.5. The second-order valence-electron chi connectivity index (χ2n) is 5.58. The summed E-state index contributed by atoms with van der Waals surface area (Å²) in [5.74, 6) is -1.07. The molecule has 0 unspecified atom stereocenters. The van der Waals surface area contributed by atoms with Gasteiger partial charge in [-0.1, -0.05) is 6.42 Å². The number of carbonyl (C=O) groups excluding carboxylic acids is 1. The van der Waals surface area contributed by atoms with Crippen molar-refractivity contribution in [3.05, 3.63) is 0 Å². The molecule has 96 valence electrons. The molecule has 0 aromatic carbocycles. The van der Waals surface area contributed by atoms with Crippen molar-refractivity contribution in [2.24, 2.45) is 5.41 Å². The van der Waals surface area contributed by atoms with Crippen LogP contribution in [0.3, 0.4) is 0 Å². The fourth-order valence-electron chi connectivity index (χ4n) is 3.12. The minimum atomic E-state index is -1.10. The molecular formula is C13H21NO3. The van der Waals surface area contributed by atoms with E-state index in [2.05, 4.69) is 0 Å². The third kappa shape index (κ3) is 1.83. The topological polar surface area (TPSA) is 57.6 Å². The van der Waals surface area contributed by atoms with Crippen molar-refractivity contribution in [2.45, 2.75) is 64.5 Å². The fraction of sp³-hybridized carbons (Fsp3) is 0.846. The van der Waals surface area contributed by atoms with Crippen molar-refractivity contribution >= 4 is 11.9 Å². The third-order valence-electron chi connectivity index (χ3n) is 4.45. The lowest BCUT2D eigenvalue weighted by atomic mass is 9.67. The molecule has 1 heterocycles. The van der Waals surface area contributed by atoms with E-state index in [1.807, 2.05) is 18.7 Å². The molecular weight excluding hydrogens is 218 g/mol. The summed E-state index contributed by atoms with van der Waals surface area (Å²) in [6.45, 7) is 4.06. The predicted molar refractivity (Wildman–Crippen MR) is 63.5 cm³/mol. The van der Waals surface area contributed by atoms with Crippen LogP contribution in [-0.4, -0.2) is 34.0 Å². The second-order valence-corrected chi connectivity index (χ2v) is 5.58. The van der Waals surface area contributed by atoms with Crippen LogP contribution in [0.15, 0.2) is 0 Å². The van der Waals surface area contributed by atoms with Crippen molar-refractivity contribution in [3.8, 4) is 0 Å². The highest BCUT2D eigenvalue weighted by Crippen LogP contribution is 2.44. The van der Waals surface area contributed by atoms with Crippen molar-refractivity contribution in [3.63, 3.8) is 0 Å². The number of carboxylic acid groups (broad SMARTS) is 1. The first kappa shape index (κ1) is 12.4. The molecule has 2 fully saturated rings. The monoisotopic (exact) mass is 239 g/mol. The molecule has 0 radical (unpaired) electrons. The van der Waals surface area contributed by atoms with E-state index >= 15 is 0 Å². The normalized spacial score (nSPS) is 31.8. The Hall–Kier alpha value is -1.06. The van der Waals surface area contributed by atoms with Gasteiger partial charge in [0.2, 0.25) is 5.91 Å². The number of hydrogen-bond donors (Lipinski definition) is 1. The van der Waals surface area contributed by atoms with Gasteiger partial charge in [-0.3, -0.25) is 9.59 Å². The van der Waals surface area contributed by atoms with Crippen molar-refractivity contribution in [1.82, 2.24) is 4.90 Å². The van der Waals surface area contributed by atoms with Crippen LogP contribution < -0.4 is 0 Å². The summed E-state index contributed by atoms with van der Waals surface area (Å²) in [5, 5.41) is 9.31. The highest BCUT2D eigenvalue weighted by molar-refractivity contribution is 6.03. The Labute approximate surface area is 102 Å². The second kappa shape index (κ2) is 4.31. The SMILES string of the molecule is C[C@@H]1CCC[C@H](C)N1C(=O)C1(C(=O)O)CCC1. The molecule has 2 rings (SSSR count). The molecule has 1 saturated carbocycles. The molecule has 1 aliphatic carbocycles. The van der Waals surface area contributed by atoms with E-state index in [-0.39, 0.29) is 18.0 Å². The molecule has 1 amide bonds. The van der Waals surface area contributed by atoms with Crippen molar-refractivity contribution in [2.75, 3.05) is 0 Å². The van der Waals surface area contributed by atoms with Crippen LogP contribution in [0.25, 0.3) is 0 Å². The minimum Gasteiger partial charge on any atom is -0.480 e. The van der Waals surface area contributed by atoms with Crippen LogP contribution in [0.4, 0.5) is 0 Å². The van der Waals surface area contributed by atoms with Gasteiger partial charge in [0, 0.05) is 12.1 Å². The Morgan fingerprint density at radius 1 is 1.12 bits per heavy atom. The molecule has 0 aromatic rings. The highest BCUT2D eigenvalue weighted by Gasteiger charge is 2.54. The average molecular weight is 239 g/mol. The van der Waals surface area contributed by atoms with E-state index in [1.165, 1.54) is 0 Å². The van der Waals surface area contributed by atoms with Gasteiger partial charge in [0.15, 0.2) is 0 Å².